The lowest BCUT2D eigenvalue weighted by Crippen LogP contribution is -2.19. The molecule has 0 unspecified atom stereocenters. The molecule has 0 bridgehead atoms. The van der Waals surface area contributed by atoms with Gasteiger partial charge in [-0.3, -0.25) is 15.1 Å². The lowest BCUT2D eigenvalue weighted by Gasteiger charge is -2.17. The van der Waals surface area contributed by atoms with Gasteiger partial charge in [0.1, 0.15) is 0 Å². The molecule has 2 heterocycles. The Labute approximate surface area is 207 Å². The Morgan fingerprint density at radius 1 is 1.14 bits per heavy atom. The second-order valence-electron chi connectivity index (χ2n) is 8.65. The van der Waals surface area contributed by atoms with Crippen molar-refractivity contribution in [3.05, 3.63) is 93.1 Å². The smallest absolute Gasteiger partial charge is 0.270 e. The Morgan fingerprint density at radius 2 is 1.94 bits per heavy atom. The van der Waals surface area contributed by atoms with Gasteiger partial charge in [0.25, 0.3) is 5.69 Å². The van der Waals surface area contributed by atoms with E-state index in [9.17, 15) is 10.1 Å². The van der Waals surface area contributed by atoms with Crippen LogP contribution in [0.15, 0.2) is 82.7 Å². The van der Waals surface area contributed by atoms with Crippen LogP contribution in [0.1, 0.15) is 44.6 Å². The van der Waals surface area contributed by atoms with Crippen molar-refractivity contribution in [1.82, 2.24) is 14.2 Å². The summed E-state index contributed by atoms with van der Waals surface area (Å²) in [6.45, 7) is 1.97. The fourth-order valence-electron chi connectivity index (χ4n) is 4.32. The van der Waals surface area contributed by atoms with Crippen molar-refractivity contribution in [2.24, 2.45) is 10.1 Å². The first kappa shape index (κ1) is 22.9. The normalized spacial score (nSPS) is 15.5. The number of thiazole rings is 1. The van der Waals surface area contributed by atoms with Crippen molar-refractivity contribution in [2.75, 3.05) is 0 Å². The molecule has 35 heavy (non-hydrogen) atoms. The highest BCUT2D eigenvalue weighted by molar-refractivity contribution is 7.07. The number of non-ortho nitro benzene ring substituents is 1. The topological polar surface area (TPSA) is 90.6 Å². The number of aromatic nitrogens is 3. The Kier molecular flexibility index (Phi) is 6.67. The van der Waals surface area contributed by atoms with E-state index in [4.69, 9.17) is 10.1 Å². The molecule has 2 aromatic heterocycles. The molecule has 0 amide bonds. The Balaban J connectivity index is 1.56. The van der Waals surface area contributed by atoms with Crippen LogP contribution in [0.4, 0.5) is 5.69 Å². The van der Waals surface area contributed by atoms with Crippen molar-refractivity contribution in [3.63, 3.8) is 0 Å². The van der Waals surface area contributed by atoms with Gasteiger partial charge in [0.05, 0.1) is 28.7 Å². The fraction of sp³-hybridized carbons (Fsp3) is 0.269. The lowest BCUT2D eigenvalue weighted by molar-refractivity contribution is -0.384. The largest absolute Gasteiger partial charge is 0.306 e. The Hall–Kier alpha value is -3.85. The van der Waals surface area contributed by atoms with E-state index in [1.165, 1.54) is 36.7 Å². The maximum Gasteiger partial charge on any atom is 0.270 e. The minimum Gasteiger partial charge on any atom is -0.306 e. The van der Waals surface area contributed by atoms with Gasteiger partial charge in [-0.15, -0.1) is 11.3 Å². The maximum absolute atomic E-state index is 11.4. The quantitative estimate of drug-likeness (QED) is 0.195. The van der Waals surface area contributed by atoms with Gasteiger partial charge in [-0.1, -0.05) is 43.5 Å². The number of benzene rings is 2. The van der Waals surface area contributed by atoms with Gasteiger partial charge in [0.2, 0.25) is 4.80 Å². The molecule has 9 heteroatoms. The van der Waals surface area contributed by atoms with Crippen LogP contribution < -0.4 is 4.80 Å². The molecule has 0 spiro atoms. The molecule has 178 valence electrons. The molecule has 0 N–H and O–H groups in total. The maximum atomic E-state index is 11.4. The van der Waals surface area contributed by atoms with E-state index in [1.54, 1.807) is 24.7 Å². The highest BCUT2D eigenvalue weighted by atomic mass is 32.1. The zero-order valence-electron chi connectivity index (χ0n) is 19.4. The summed E-state index contributed by atoms with van der Waals surface area (Å²) >= 11 is 1.53. The zero-order valence-corrected chi connectivity index (χ0v) is 20.3. The van der Waals surface area contributed by atoms with Crippen molar-refractivity contribution >= 4 is 22.7 Å². The third-order valence-electron chi connectivity index (χ3n) is 6.24. The number of nitro groups is 1. The van der Waals surface area contributed by atoms with Crippen LogP contribution >= 0.6 is 11.3 Å². The van der Waals surface area contributed by atoms with Crippen molar-refractivity contribution in [1.29, 1.82) is 0 Å². The molecule has 0 saturated heterocycles. The van der Waals surface area contributed by atoms with Crippen LogP contribution in [0.3, 0.4) is 0 Å². The minimum atomic E-state index is -0.371. The van der Waals surface area contributed by atoms with Gasteiger partial charge in [-0.05, 0) is 37.5 Å². The summed E-state index contributed by atoms with van der Waals surface area (Å²) in [7, 11) is 0. The number of nitrogens with zero attached hydrogens (tertiary/aromatic N) is 6. The fourth-order valence-corrected chi connectivity index (χ4v) is 5.22. The molecule has 1 aliphatic rings. The molecule has 2 aromatic carbocycles. The SMILES string of the molecule is CC(=Nn1c(-c2cccc([N+](=O)[O-])c2)csc1=NC1CCCCC1)c1ccc(-n2ccnc2)cc1. The van der Waals surface area contributed by atoms with Gasteiger partial charge in [0.15, 0.2) is 0 Å². The molecule has 1 saturated carbocycles. The molecule has 1 fully saturated rings. The molecule has 5 rings (SSSR count). The molecular weight excluding hydrogens is 460 g/mol. The van der Waals surface area contributed by atoms with Crippen LogP contribution in [-0.4, -0.2) is 30.9 Å². The van der Waals surface area contributed by atoms with Gasteiger partial charge in [-0.2, -0.15) is 5.10 Å². The lowest BCUT2D eigenvalue weighted by atomic mass is 9.96. The molecule has 0 aliphatic heterocycles. The van der Waals surface area contributed by atoms with Crippen LogP contribution in [0, 0.1) is 10.1 Å². The molecule has 4 aromatic rings. The first-order valence-corrected chi connectivity index (χ1v) is 12.6. The highest BCUT2D eigenvalue weighted by Gasteiger charge is 2.16. The molecular formula is C26H26N6O2S. The first-order valence-electron chi connectivity index (χ1n) is 11.7. The standard InChI is InChI=1S/C26H26N6O2S/c1-19(20-10-12-23(13-11-20)30-15-14-27-18-30)29-31-25(21-6-5-9-24(16-21)32(33)34)17-35-26(31)28-22-7-3-2-4-8-22/h5-6,9-18,22H,2-4,7-8H2,1H3. The predicted molar refractivity (Wildman–Crippen MR) is 138 cm³/mol. The third-order valence-corrected chi connectivity index (χ3v) is 7.07. The highest BCUT2D eigenvalue weighted by Crippen LogP contribution is 2.26. The summed E-state index contributed by atoms with van der Waals surface area (Å²) in [5.74, 6) is 0. The average Bonchev–Trinajstić information content (AvgIpc) is 3.56. The minimum absolute atomic E-state index is 0.0572. The number of imidazole rings is 1. The zero-order chi connectivity index (χ0) is 24.2. The summed E-state index contributed by atoms with van der Waals surface area (Å²) in [5, 5.41) is 18.3. The predicted octanol–water partition coefficient (Wildman–Crippen LogP) is 5.82. The Bertz CT molecular complexity index is 1410. The van der Waals surface area contributed by atoms with Crippen LogP contribution in [0.2, 0.25) is 0 Å². The van der Waals surface area contributed by atoms with Gasteiger partial charge >= 0.3 is 0 Å². The first-order chi connectivity index (χ1) is 17.1. The number of rotatable bonds is 6. The summed E-state index contributed by atoms with van der Waals surface area (Å²) in [6.07, 6.45) is 11.3. The van der Waals surface area contributed by atoms with Gasteiger partial charge in [0, 0.05) is 41.2 Å². The van der Waals surface area contributed by atoms with E-state index in [0.29, 0.717) is 0 Å². The van der Waals surface area contributed by atoms with E-state index in [-0.39, 0.29) is 16.7 Å². The number of hydrogen-bond donors (Lipinski definition) is 0. The molecule has 8 nitrogen and oxygen atoms in total. The van der Waals surface area contributed by atoms with Crippen LogP contribution in [0.25, 0.3) is 16.9 Å². The summed E-state index contributed by atoms with van der Waals surface area (Å²) in [4.78, 5) is 21.0. The van der Waals surface area contributed by atoms with Crippen molar-refractivity contribution < 1.29 is 4.92 Å². The van der Waals surface area contributed by atoms with E-state index < -0.39 is 0 Å². The van der Waals surface area contributed by atoms with Gasteiger partial charge in [-0.25, -0.2) is 9.66 Å². The van der Waals surface area contributed by atoms with E-state index in [0.717, 1.165) is 45.9 Å². The van der Waals surface area contributed by atoms with Crippen LogP contribution in [0.5, 0.6) is 0 Å². The molecule has 0 atom stereocenters. The summed E-state index contributed by atoms with van der Waals surface area (Å²) < 4.78 is 3.79. The second kappa shape index (κ2) is 10.2. The Morgan fingerprint density at radius 3 is 2.66 bits per heavy atom. The average molecular weight is 487 g/mol. The molecule has 0 radical (unpaired) electrons. The monoisotopic (exact) mass is 486 g/mol. The summed E-state index contributed by atoms with van der Waals surface area (Å²) in [5.41, 5.74) is 4.43. The number of hydrogen-bond acceptors (Lipinski definition) is 6. The van der Waals surface area contributed by atoms with E-state index >= 15 is 0 Å². The van der Waals surface area contributed by atoms with Crippen molar-refractivity contribution in [3.8, 4) is 16.9 Å². The van der Waals surface area contributed by atoms with Crippen molar-refractivity contribution in [2.45, 2.75) is 45.1 Å². The second-order valence-corrected chi connectivity index (χ2v) is 9.48. The van der Waals surface area contributed by atoms with Gasteiger partial charge < -0.3 is 4.57 Å². The summed E-state index contributed by atoms with van der Waals surface area (Å²) in [6, 6.07) is 15.1. The van der Waals surface area contributed by atoms with E-state index in [2.05, 4.69) is 4.98 Å². The number of nitro benzene ring substituents is 1. The van der Waals surface area contributed by atoms with Crippen LogP contribution in [-0.2, 0) is 0 Å². The molecule has 1 aliphatic carbocycles. The third kappa shape index (κ3) is 5.14. The van der Waals surface area contributed by atoms with E-state index in [1.807, 2.05) is 58.1 Å².